The molecular weight excluding hydrogens is 340 g/mol. The fraction of sp³-hybridized carbons (Fsp3) is 0.0909. The maximum absolute atomic E-state index is 12.7. The van der Waals surface area contributed by atoms with E-state index in [-0.39, 0.29) is 5.43 Å². The third-order valence-corrected chi connectivity index (χ3v) is 4.87. The Hall–Kier alpha value is -2.85. The van der Waals surface area contributed by atoms with E-state index in [2.05, 4.69) is 16.1 Å². The fourth-order valence-electron chi connectivity index (χ4n) is 2.74. The summed E-state index contributed by atoms with van der Waals surface area (Å²) < 4.78 is 2.09. The van der Waals surface area contributed by atoms with E-state index in [9.17, 15) is 4.79 Å². The second kappa shape index (κ2) is 8.02. The summed E-state index contributed by atoms with van der Waals surface area (Å²) in [5, 5.41) is 1.46. The van der Waals surface area contributed by atoms with Crippen molar-refractivity contribution in [3.63, 3.8) is 0 Å². The lowest BCUT2D eigenvalue weighted by Crippen LogP contribution is -2.11. The summed E-state index contributed by atoms with van der Waals surface area (Å²) in [5.74, 6) is 0. The molecule has 0 N–H and O–H groups in total. The molecule has 0 unspecified atom stereocenters. The molecule has 1 aromatic carbocycles. The molecule has 0 saturated carbocycles. The number of hydrogen-bond acceptors (Lipinski definition) is 3. The van der Waals surface area contributed by atoms with Crippen LogP contribution in [0.2, 0.25) is 0 Å². The van der Waals surface area contributed by atoms with E-state index in [0.717, 1.165) is 26.8 Å². The molecule has 0 aliphatic rings. The Morgan fingerprint density at radius 3 is 2.69 bits per heavy atom. The van der Waals surface area contributed by atoms with Crippen LogP contribution in [0, 0.1) is 6.92 Å². The summed E-state index contributed by atoms with van der Waals surface area (Å²) in [7, 11) is 0. The van der Waals surface area contributed by atoms with E-state index in [4.69, 9.17) is 0 Å². The van der Waals surface area contributed by atoms with Gasteiger partial charge in [0.05, 0.1) is 15.9 Å². The number of aryl methyl sites for hydroxylation is 1. The van der Waals surface area contributed by atoms with Gasteiger partial charge in [0.1, 0.15) is 0 Å². The Labute approximate surface area is 157 Å². The van der Waals surface area contributed by atoms with Gasteiger partial charge in [0.2, 0.25) is 0 Å². The number of rotatable bonds is 5. The molecule has 3 nitrogen and oxygen atoms in total. The summed E-state index contributed by atoms with van der Waals surface area (Å²) in [6.07, 6.45) is 9.33. The quantitative estimate of drug-likeness (QED) is 0.567. The molecule has 0 aliphatic heterocycles. The fourth-order valence-corrected chi connectivity index (χ4v) is 3.74. The van der Waals surface area contributed by atoms with Crippen molar-refractivity contribution in [2.75, 3.05) is 0 Å². The van der Waals surface area contributed by atoms with Crippen molar-refractivity contribution in [2.24, 2.45) is 0 Å². The zero-order valence-electron chi connectivity index (χ0n) is 14.8. The van der Waals surface area contributed by atoms with Gasteiger partial charge in [0.15, 0.2) is 5.43 Å². The Balaban J connectivity index is 2.35. The van der Waals surface area contributed by atoms with Gasteiger partial charge in [-0.15, -0.1) is 0 Å². The topological polar surface area (TPSA) is 34.9 Å². The summed E-state index contributed by atoms with van der Waals surface area (Å²) in [4.78, 5) is 18.0. The van der Waals surface area contributed by atoms with E-state index in [1.807, 2.05) is 68.5 Å². The first-order chi connectivity index (χ1) is 12.6. The van der Waals surface area contributed by atoms with Gasteiger partial charge in [-0.1, -0.05) is 48.7 Å². The van der Waals surface area contributed by atoms with Crippen LogP contribution < -0.4 is 5.43 Å². The van der Waals surface area contributed by atoms with Crippen LogP contribution in [0.1, 0.15) is 12.6 Å². The molecule has 0 fully saturated rings. The van der Waals surface area contributed by atoms with Crippen LogP contribution in [-0.4, -0.2) is 9.55 Å². The van der Waals surface area contributed by atoms with Gasteiger partial charge in [-0.2, -0.15) is 0 Å². The molecule has 0 atom stereocenters. The second-order valence-corrected chi connectivity index (χ2v) is 6.86. The van der Waals surface area contributed by atoms with Crippen LogP contribution in [0.25, 0.3) is 16.6 Å². The highest BCUT2D eigenvalue weighted by molar-refractivity contribution is 7.99. The molecule has 4 heteroatoms. The second-order valence-electron chi connectivity index (χ2n) is 5.77. The molecule has 0 bridgehead atoms. The first-order valence-electron chi connectivity index (χ1n) is 8.35. The van der Waals surface area contributed by atoms with Gasteiger partial charge < -0.3 is 4.57 Å². The summed E-state index contributed by atoms with van der Waals surface area (Å²) in [6, 6.07) is 13.7. The van der Waals surface area contributed by atoms with E-state index >= 15 is 0 Å². The lowest BCUT2D eigenvalue weighted by molar-refractivity contribution is 0.985. The first kappa shape index (κ1) is 18.0. The molecule has 2 aromatic heterocycles. The van der Waals surface area contributed by atoms with Crippen molar-refractivity contribution < 1.29 is 0 Å². The lowest BCUT2D eigenvalue weighted by Gasteiger charge is -2.17. The molecular formula is C22H20N2OS. The van der Waals surface area contributed by atoms with Crippen LogP contribution in [0.5, 0.6) is 0 Å². The first-order valence-corrected chi connectivity index (χ1v) is 9.17. The number of hydrogen-bond donors (Lipinski definition) is 0. The minimum Gasteiger partial charge on any atom is -0.304 e. The summed E-state index contributed by atoms with van der Waals surface area (Å²) >= 11 is 1.56. The largest absolute Gasteiger partial charge is 0.304 e. The van der Waals surface area contributed by atoms with Gasteiger partial charge in [-0.25, -0.2) is 0 Å². The average molecular weight is 360 g/mol. The van der Waals surface area contributed by atoms with E-state index in [0.29, 0.717) is 5.39 Å². The number of pyridine rings is 2. The monoisotopic (exact) mass is 360 g/mol. The zero-order valence-corrected chi connectivity index (χ0v) is 15.7. The molecule has 0 aliphatic carbocycles. The van der Waals surface area contributed by atoms with Crippen LogP contribution in [0.3, 0.4) is 0 Å². The van der Waals surface area contributed by atoms with Crippen molar-refractivity contribution in [3.8, 4) is 0 Å². The third kappa shape index (κ3) is 3.70. The minimum absolute atomic E-state index is 0.0272. The zero-order chi connectivity index (χ0) is 18.5. The Morgan fingerprint density at radius 1 is 1.23 bits per heavy atom. The molecule has 26 heavy (non-hydrogen) atoms. The molecule has 0 radical (unpaired) electrons. The number of aromatic nitrogens is 2. The number of nitrogens with zero attached hydrogens (tertiary/aromatic N) is 2. The predicted octanol–water partition coefficient (Wildman–Crippen LogP) is 5.46. The van der Waals surface area contributed by atoms with Crippen molar-refractivity contribution >= 4 is 28.4 Å². The maximum atomic E-state index is 12.7. The Kier molecular flexibility index (Phi) is 5.54. The highest BCUT2D eigenvalue weighted by Crippen LogP contribution is 2.31. The van der Waals surface area contributed by atoms with E-state index in [1.165, 1.54) is 0 Å². The predicted molar refractivity (Wildman–Crippen MR) is 111 cm³/mol. The lowest BCUT2D eigenvalue weighted by atomic mass is 10.2. The SMILES string of the molecule is C=C/C=C(\C=C/C)n1c(Sc2ccccc2)cc(=O)c2cnc(C)cc21. The van der Waals surface area contributed by atoms with Crippen LogP contribution in [-0.2, 0) is 0 Å². The number of allylic oxidation sites excluding steroid dienone is 5. The van der Waals surface area contributed by atoms with Crippen molar-refractivity contribution in [1.29, 1.82) is 0 Å². The van der Waals surface area contributed by atoms with Gasteiger partial charge in [-0.3, -0.25) is 9.78 Å². The molecule has 130 valence electrons. The third-order valence-electron chi connectivity index (χ3n) is 3.85. The van der Waals surface area contributed by atoms with Gasteiger partial charge in [0, 0.05) is 28.5 Å². The van der Waals surface area contributed by atoms with Crippen molar-refractivity contribution in [1.82, 2.24) is 9.55 Å². The van der Waals surface area contributed by atoms with Gasteiger partial charge >= 0.3 is 0 Å². The molecule has 3 aromatic rings. The standard InChI is InChI=1S/C22H20N2OS/c1-4-9-17(10-5-2)24-20-13-16(3)23-15-19(20)21(25)14-22(24)26-18-11-7-6-8-12-18/h4-15H,1H2,2-3H3/b10-5-,17-9+. The van der Waals surface area contributed by atoms with Crippen molar-refractivity contribution in [3.05, 3.63) is 95.5 Å². The van der Waals surface area contributed by atoms with Gasteiger partial charge in [0.25, 0.3) is 0 Å². The molecule has 0 amide bonds. The smallest absolute Gasteiger partial charge is 0.192 e. The summed E-state index contributed by atoms with van der Waals surface area (Å²) in [6.45, 7) is 7.73. The normalized spacial score (nSPS) is 12.0. The number of benzene rings is 1. The van der Waals surface area contributed by atoms with Crippen LogP contribution in [0.4, 0.5) is 0 Å². The number of fused-ring (bicyclic) bond motifs is 1. The van der Waals surface area contributed by atoms with E-state index < -0.39 is 0 Å². The minimum atomic E-state index is -0.0272. The molecule has 3 rings (SSSR count). The van der Waals surface area contributed by atoms with Crippen LogP contribution >= 0.6 is 11.8 Å². The maximum Gasteiger partial charge on any atom is 0.192 e. The van der Waals surface area contributed by atoms with Crippen LogP contribution in [0.15, 0.2) is 94.3 Å². The average Bonchev–Trinajstić information content (AvgIpc) is 2.62. The summed E-state index contributed by atoms with van der Waals surface area (Å²) in [5.41, 5.74) is 2.62. The van der Waals surface area contributed by atoms with Gasteiger partial charge in [-0.05, 0) is 44.2 Å². The molecule has 0 saturated heterocycles. The highest BCUT2D eigenvalue weighted by Gasteiger charge is 2.13. The van der Waals surface area contributed by atoms with E-state index in [1.54, 1.807) is 30.1 Å². The Morgan fingerprint density at radius 2 is 2.00 bits per heavy atom. The molecule has 2 heterocycles. The highest BCUT2D eigenvalue weighted by atomic mass is 32.2. The Bertz CT molecular complexity index is 1060. The molecule has 0 spiro atoms. The van der Waals surface area contributed by atoms with Crippen molar-refractivity contribution in [2.45, 2.75) is 23.8 Å².